The lowest BCUT2D eigenvalue weighted by atomic mass is 10.1. The molecule has 1 saturated heterocycles. The van der Waals surface area contributed by atoms with E-state index in [0.29, 0.717) is 13.0 Å². The monoisotopic (exact) mass is 375 g/mol. The number of halogens is 1. The fourth-order valence-electron chi connectivity index (χ4n) is 2.48. The largest absolute Gasteiger partial charge is 0.468 e. The van der Waals surface area contributed by atoms with Crippen LogP contribution in [0.1, 0.15) is 24.8 Å². The van der Waals surface area contributed by atoms with Crippen LogP contribution >= 0.6 is 15.9 Å². The lowest BCUT2D eigenvalue weighted by Gasteiger charge is -2.32. The number of hydrogen-bond donors (Lipinski definition) is 0. The van der Waals surface area contributed by atoms with Crippen molar-refractivity contribution in [3.63, 3.8) is 0 Å². The topological polar surface area (TPSA) is 63.7 Å². The molecule has 0 radical (unpaired) electrons. The van der Waals surface area contributed by atoms with Crippen LogP contribution in [-0.4, -0.2) is 38.4 Å². The lowest BCUT2D eigenvalue weighted by Crippen LogP contribution is -2.48. The van der Waals surface area contributed by atoms with Gasteiger partial charge in [-0.15, -0.1) is 0 Å². The lowest BCUT2D eigenvalue weighted by molar-refractivity contribution is -0.146. The van der Waals surface area contributed by atoms with Crippen LogP contribution in [0.3, 0.4) is 0 Å². The summed E-state index contributed by atoms with van der Waals surface area (Å²) in [5, 5.41) is 0. The molecule has 0 aromatic heterocycles. The Morgan fingerprint density at radius 2 is 2.10 bits per heavy atom. The summed E-state index contributed by atoms with van der Waals surface area (Å²) in [5.41, 5.74) is 0.836. The number of aryl methyl sites for hydroxylation is 1. The van der Waals surface area contributed by atoms with E-state index in [2.05, 4.69) is 15.9 Å². The highest BCUT2D eigenvalue weighted by atomic mass is 79.9. The van der Waals surface area contributed by atoms with Gasteiger partial charge in [0.25, 0.3) is 0 Å². The zero-order chi connectivity index (χ0) is 15.6. The van der Waals surface area contributed by atoms with Crippen molar-refractivity contribution in [1.82, 2.24) is 4.31 Å². The summed E-state index contributed by atoms with van der Waals surface area (Å²) in [6.45, 7) is 2.17. The maximum atomic E-state index is 12.8. The van der Waals surface area contributed by atoms with Gasteiger partial charge in [-0.1, -0.05) is 15.9 Å². The first-order valence-electron chi connectivity index (χ1n) is 6.73. The molecule has 2 rings (SSSR count). The van der Waals surface area contributed by atoms with Gasteiger partial charge >= 0.3 is 5.97 Å². The van der Waals surface area contributed by atoms with Crippen molar-refractivity contribution in [3.05, 3.63) is 28.2 Å². The average molecular weight is 376 g/mol. The molecule has 5 nitrogen and oxygen atoms in total. The number of nitrogens with zero attached hydrogens (tertiary/aromatic N) is 1. The summed E-state index contributed by atoms with van der Waals surface area (Å²) in [4.78, 5) is 12.0. The smallest absolute Gasteiger partial charge is 0.324 e. The Morgan fingerprint density at radius 3 is 2.71 bits per heavy atom. The van der Waals surface area contributed by atoms with Crippen molar-refractivity contribution in [3.8, 4) is 0 Å². The predicted octanol–water partition coefficient (Wildman–Crippen LogP) is 2.47. The van der Waals surface area contributed by atoms with E-state index >= 15 is 0 Å². The number of esters is 1. The third kappa shape index (κ3) is 3.30. The van der Waals surface area contributed by atoms with Gasteiger partial charge in [-0.2, -0.15) is 4.31 Å². The molecule has 1 aliphatic heterocycles. The molecular formula is C14H18BrNO4S. The van der Waals surface area contributed by atoms with Crippen LogP contribution < -0.4 is 0 Å². The van der Waals surface area contributed by atoms with Crippen LogP contribution in [0.2, 0.25) is 0 Å². The van der Waals surface area contributed by atoms with Crippen molar-refractivity contribution in [2.45, 2.75) is 37.1 Å². The fraction of sp³-hybridized carbons (Fsp3) is 0.500. The minimum Gasteiger partial charge on any atom is -0.468 e. The predicted molar refractivity (Wildman–Crippen MR) is 82.4 cm³/mol. The van der Waals surface area contributed by atoms with E-state index in [-0.39, 0.29) is 4.90 Å². The molecule has 0 spiro atoms. The highest BCUT2D eigenvalue weighted by molar-refractivity contribution is 9.10. The molecule has 1 atom stereocenters. The van der Waals surface area contributed by atoms with Gasteiger partial charge in [0, 0.05) is 11.0 Å². The summed E-state index contributed by atoms with van der Waals surface area (Å²) in [6, 6.07) is 4.15. The summed E-state index contributed by atoms with van der Waals surface area (Å²) >= 11 is 3.36. The molecule has 0 N–H and O–H groups in total. The van der Waals surface area contributed by atoms with Crippen LogP contribution in [0.4, 0.5) is 0 Å². The molecule has 1 unspecified atom stereocenters. The summed E-state index contributed by atoms with van der Waals surface area (Å²) in [7, 11) is -2.41. The van der Waals surface area contributed by atoms with E-state index in [1.54, 1.807) is 18.2 Å². The second-order valence-corrected chi connectivity index (χ2v) is 7.81. The number of carbonyl (C=O) groups is 1. The molecule has 1 aromatic carbocycles. The van der Waals surface area contributed by atoms with E-state index in [4.69, 9.17) is 4.74 Å². The van der Waals surface area contributed by atoms with Gasteiger partial charge in [0.2, 0.25) is 10.0 Å². The molecule has 21 heavy (non-hydrogen) atoms. The number of methoxy groups -OCH3 is 1. The maximum Gasteiger partial charge on any atom is 0.324 e. The van der Waals surface area contributed by atoms with Crippen molar-refractivity contribution in [2.24, 2.45) is 0 Å². The van der Waals surface area contributed by atoms with Gasteiger partial charge < -0.3 is 4.74 Å². The van der Waals surface area contributed by atoms with E-state index in [9.17, 15) is 13.2 Å². The number of piperidine rings is 1. The first-order valence-corrected chi connectivity index (χ1v) is 8.97. The highest BCUT2D eigenvalue weighted by Gasteiger charge is 2.38. The highest BCUT2D eigenvalue weighted by Crippen LogP contribution is 2.28. The Hall–Kier alpha value is -0.920. The minimum absolute atomic E-state index is 0.207. The van der Waals surface area contributed by atoms with Crippen molar-refractivity contribution in [1.29, 1.82) is 0 Å². The van der Waals surface area contributed by atoms with Crippen LogP contribution in [0.5, 0.6) is 0 Å². The molecule has 0 saturated carbocycles. The molecule has 1 aliphatic rings. The SMILES string of the molecule is COC(=O)C1CCCCN1S(=O)(=O)c1ccc(Br)c(C)c1. The Kier molecular flexibility index (Phi) is 5.06. The fourth-order valence-corrected chi connectivity index (χ4v) is 4.46. The van der Waals surface area contributed by atoms with Crippen molar-refractivity contribution in [2.75, 3.05) is 13.7 Å². The number of rotatable bonds is 3. The van der Waals surface area contributed by atoms with Crippen LogP contribution in [0, 0.1) is 6.92 Å². The second kappa shape index (κ2) is 6.46. The minimum atomic E-state index is -3.69. The van der Waals surface area contributed by atoms with E-state index < -0.39 is 22.0 Å². The number of carbonyl (C=O) groups excluding carboxylic acids is 1. The van der Waals surface area contributed by atoms with Crippen LogP contribution in [-0.2, 0) is 19.6 Å². The molecule has 0 amide bonds. The van der Waals surface area contributed by atoms with Gasteiger partial charge in [-0.3, -0.25) is 4.79 Å². The third-order valence-electron chi connectivity index (χ3n) is 3.66. The Balaban J connectivity index is 2.40. The van der Waals surface area contributed by atoms with Gasteiger partial charge in [0.05, 0.1) is 12.0 Å². The van der Waals surface area contributed by atoms with E-state index in [1.807, 2.05) is 6.92 Å². The first kappa shape index (κ1) is 16.5. The van der Waals surface area contributed by atoms with Gasteiger partial charge in [-0.05, 0) is 49.9 Å². The van der Waals surface area contributed by atoms with Crippen molar-refractivity contribution < 1.29 is 17.9 Å². The summed E-state index contributed by atoms with van der Waals surface area (Å²) in [6.07, 6.45) is 2.08. The zero-order valence-corrected chi connectivity index (χ0v) is 14.4. The Bertz CT molecular complexity index is 644. The molecule has 1 aromatic rings. The number of sulfonamides is 1. The number of ether oxygens (including phenoxy) is 1. The van der Waals surface area contributed by atoms with Gasteiger partial charge in [0.1, 0.15) is 6.04 Å². The second-order valence-electron chi connectivity index (χ2n) is 5.06. The van der Waals surface area contributed by atoms with Crippen molar-refractivity contribution >= 4 is 31.9 Å². The first-order chi connectivity index (χ1) is 9.87. The molecular weight excluding hydrogens is 358 g/mol. The average Bonchev–Trinajstić information content (AvgIpc) is 2.49. The van der Waals surface area contributed by atoms with E-state index in [0.717, 1.165) is 22.9 Å². The molecule has 0 aliphatic carbocycles. The van der Waals surface area contributed by atoms with Gasteiger partial charge in [-0.25, -0.2) is 8.42 Å². The maximum absolute atomic E-state index is 12.8. The summed E-state index contributed by atoms with van der Waals surface area (Å²) < 4.78 is 32.4. The number of benzene rings is 1. The quantitative estimate of drug-likeness (QED) is 0.761. The molecule has 0 bridgehead atoms. The molecule has 7 heteroatoms. The van der Waals surface area contributed by atoms with Gasteiger partial charge in [0.15, 0.2) is 0 Å². The normalized spacial score (nSPS) is 20.2. The summed E-state index contributed by atoms with van der Waals surface area (Å²) in [5.74, 6) is -0.493. The third-order valence-corrected chi connectivity index (χ3v) is 6.46. The molecule has 1 heterocycles. The molecule has 1 fully saturated rings. The number of hydrogen-bond acceptors (Lipinski definition) is 4. The van der Waals surface area contributed by atoms with Crippen LogP contribution in [0.15, 0.2) is 27.6 Å². The zero-order valence-electron chi connectivity index (χ0n) is 12.0. The molecule has 116 valence electrons. The standard InChI is InChI=1S/C14H18BrNO4S/c1-10-9-11(6-7-12(10)15)21(18,19)16-8-4-3-5-13(16)14(17)20-2/h6-7,9,13H,3-5,8H2,1-2H3. The van der Waals surface area contributed by atoms with Crippen LogP contribution in [0.25, 0.3) is 0 Å². The van der Waals surface area contributed by atoms with E-state index in [1.165, 1.54) is 11.4 Å². The Labute approximate surface area is 133 Å². The Morgan fingerprint density at radius 1 is 1.38 bits per heavy atom.